The molecule has 24 heavy (non-hydrogen) atoms. The van der Waals surface area contributed by atoms with Gasteiger partial charge in [0.1, 0.15) is 13.2 Å². The number of fused-ring (bicyclic) bond motifs is 1. The molecular formula is C19H21NO3S. The van der Waals surface area contributed by atoms with E-state index in [0.29, 0.717) is 18.8 Å². The largest absolute Gasteiger partial charge is 0.486 e. The molecule has 1 atom stereocenters. The Labute approximate surface area is 146 Å². The molecule has 0 radical (unpaired) electrons. The number of nitrogens with one attached hydrogen (secondary N) is 1. The quantitative estimate of drug-likeness (QED) is 0.832. The monoisotopic (exact) mass is 343 g/mol. The van der Waals surface area contributed by atoms with E-state index < -0.39 is 0 Å². The molecule has 0 spiro atoms. The maximum atomic E-state index is 12.6. The van der Waals surface area contributed by atoms with Gasteiger partial charge in [-0.1, -0.05) is 25.1 Å². The van der Waals surface area contributed by atoms with Crippen molar-refractivity contribution in [2.45, 2.75) is 24.8 Å². The Hall–Kier alpha value is -2.14. The molecule has 1 aliphatic rings. The van der Waals surface area contributed by atoms with Gasteiger partial charge in [-0.3, -0.25) is 4.79 Å². The Morgan fingerprint density at radius 3 is 2.71 bits per heavy atom. The van der Waals surface area contributed by atoms with Crippen LogP contribution >= 0.6 is 11.8 Å². The lowest BCUT2D eigenvalue weighted by Crippen LogP contribution is -2.27. The fourth-order valence-electron chi connectivity index (χ4n) is 2.62. The SMILES string of the molecule is CCSc1ccccc1C(=O)N[C@@H](C)c1ccc2c(c1)OCCO2. The number of rotatable bonds is 5. The van der Waals surface area contributed by atoms with E-state index in [4.69, 9.17) is 9.47 Å². The molecule has 1 heterocycles. The van der Waals surface area contributed by atoms with Crippen LogP contribution in [0.5, 0.6) is 11.5 Å². The molecule has 2 aromatic rings. The van der Waals surface area contributed by atoms with E-state index in [2.05, 4.69) is 12.2 Å². The maximum absolute atomic E-state index is 12.6. The highest BCUT2D eigenvalue weighted by atomic mass is 32.2. The van der Waals surface area contributed by atoms with Crippen LogP contribution in [0.2, 0.25) is 0 Å². The molecule has 3 rings (SSSR count). The molecule has 2 aromatic carbocycles. The van der Waals surface area contributed by atoms with E-state index in [-0.39, 0.29) is 11.9 Å². The Morgan fingerprint density at radius 1 is 1.17 bits per heavy atom. The fourth-order valence-corrected chi connectivity index (χ4v) is 3.42. The third-order valence-corrected chi connectivity index (χ3v) is 4.80. The molecule has 4 nitrogen and oxygen atoms in total. The second-order valence-corrected chi connectivity index (χ2v) is 6.83. The molecule has 0 aliphatic carbocycles. The van der Waals surface area contributed by atoms with Crippen LogP contribution in [0.1, 0.15) is 35.8 Å². The van der Waals surface area contributed by atoms with Gasteiger partial charge in [0.15, 0.2) is 11.5 Å². The van der Waals surface area contributed by atoms with E-state index in [1.807, 2.05) is 49.4 Å². The van der Waals surface area contributed by atoms with Gasteiger partial charge in [-0.2, -0.15) is 0 Å². The number of hydrogen-bond donors (Lipinski definition) is 1. The van der Waals surface area contributed by atoms with Crippen LogP contribution in [-0.2, 0) is 0 Å². The summed E-state index contributed by atoms with van der Waals surface area (Å²) in [5.41, 5.74) is 1.71. The van der Waals surface area contributed by atoms with Crippen LogP contribution in [0.3, 0.4) is 0 Å². The lowest BCUT2D eigenvalue weighted by molar-refractivity contribution is 0.0936. The molecule has 0 aromatic heterocycles. The third kappa shape index (κ3) is 3.67. The number of benzene rings is 2. The molecule has 1 amide bonds. The zero-order chi connectivity index (χ0) is 16.9. The highest BCUT2D eigenvalue weighted by Crippen LogP contribution is 2.32. The van der Waals surface area contributed by atoms with Gasteiger partial charge in [0, 0.05) is 4.90 Å². The standard InChI is InChI=1S/C19H21NO3S/c1-3-24-18-7-5-4-6-15(18)19(21)20-13(2)14-8-9-16-17(12-14)23-11-10-22-16/h4-9,12-13H,3,10-11H2,1-2H3,(H,20,21)/t13-/m0/s1. The Kier molecular flexibility index (Phi) is 5.30. The number of carbonyl (C=O) groups is 1. The Balaban J connectivity index is 1.75. The summed E-state index contributed by atoms with van der Waals surface area (Å²) in [6, 6.07) is 13.4. The van der Waals surface area contributed by atoms with Gasteiger partial charge in [-0.25, -0.2) is 0 Å². The molecule has 5 heteroatoms. The van der Waals surface area contributed by atoms with Crippen LogP contribution < -0.4 is 14.8 Å². The van der Waals surface area contributed by atoms with Crippen molar-refractivity contribution in [2.24, 2.45) is 0 Å². The zero-order valence-electron chi connectivity index (χ0n) is 13.9. The summed E-state index contributed by atoms with van der Waals surface area (Å²) in [5, 5.41) is 3.07. The van der Waals surface area contributed by atoms with Crippen LogP contribution in [-0.4, -0.2) is 24.9 Å². The van der Waals surface area contributed by atoms with Crippen LogP contribution in [0.4, 0.5) is 0 Å². The molecule has 0 fully saturated rings. The number of carbonyl (C=O) groups excluding carboxylic acids is 1. The normalized spacial score (nSPS) is 14.1. The molecule has 0 saturated heterocycles. The van der Waals surface area contributed by atoms with Crippen LogP contribution in [0.25, 0.3) is 0 Å². The van der Waals surface area contributed by atoms with E-state index >= 15 is 0 Å². The van der Waals surface area contributed by atoms with Gasteiger partial charge >= 0.3 is 0 Å². The zero-order valence-corrected chi connectivity index (χ0v) is 14.7. The molecular weight excluding hydrogens is 322 g/mol. The maximum Gasteiger partial charge on any atom is 0.252 e. The van der Waals surface area contributed by atoms with Gasteiger partial charge in [-0.15, -0.1) is 11.8 Å². The second-order valence-electron chi connectivity index (χ2n) is 5.53. The minimum atomic E-state index is -0.118. The van der Waals surface area contributed by atoms with Crippen molar-refractivity contribution in [2.75, 3.05) is 19.0 Å². The van der Waals surface area contributed by atoms with Crippen molar-refractivity contribution >= 4 is 17.7 Å². The number of thioether (sulfide) groups is 1. The lowest BCUT2D eigenvalue weighted by atomic mass is 10.1. The van der Waals surface area contributed by atoms with Gasteiger partial charge < -0.3 is 14.8 Å². The summed E-state index contributed by atoms with van der Waals surface area (Å²) in [7, 11) is 0. The fraction of sp³-hybridized carbons (Fsp3) is 0.316. The molecule has 1 aliphatic heterocycles. The van der Waals surface area contributed by atoms with E-state index in [1.54, 1.807) is 11.8 Å². The highest BCUT2D eigenvalue weighted by molar-refractivity contribution is 7.99. The first-order valence-corrected chi connectivity index (χ1v) is 9.10. The van der Waals surface area contributed by atoms with Crippen LogP contribution in [0.15, 0.2) is 47.4 Å². The van der Waals surface area contributed by atoms with E-state index in [1.165, 1.54) is 0 Å². The highest BCUT2D eigenvalue weighted by Gasteiger charge is 2.17. The summed E-state index contributed by atoms with van der Waals surface area (Å²) < 4.78 is 11.2. The third-order valence-electron chi connectivity index (χ3n) is 3.85. The summed E-state index contributed by atoms with van der Waals surface area (Å²) in [4.78, 5) is 13.6. The molecule has 0 bridgehead atoms. The van der Waals surface area contributed by atoms with Gasteiger partial charge in [-0.05, 0) is 42.5 Å². The van der Waals surface area contributed by atoms with Crippen molar-refractivity contribution in [3.8, 4) is 11.5 Å². The van der Waals surface area contributed by atoms with Gasteiger partial charge in [0.2, 0.25) is 0 Å². The number of amides is 1. The van der Waals surface area contributed by atoms with E-state index in [9.17, 15) is 4.79 Å². The predicted molar refractivity (Wildman–Crippen MR) is 96.2 cm³/mol. The average molecular weight is 343 g/mol. The topological polar surface area (TPSA) is 47.6 Å². The van der Waals surface area contributed by atoms with Crippen molar-refractivity contribution < 1.29 is 14.3 Å². The molecule has 126 valence electrons. The van der Waals surface area contributed by atoms with Crippen molar-refractivity contribution in [3.63, 3.8) is 0 Å². The average Bonchev–Trinajstić information content (AvgIpc) is 2.62. The van der Waals surface area contributed by atoms with Gasteiger partial charge in [0.25, 0.3) is 5.91 Å². The molecule has 1 N–H and O–H groups in total. The summed E-state index contributed by atoms with van der Waals surface area (Å²) in [5.74, 6) is 2.37. The van der Waals surface area contributed by atoms with Crippen molar-refractivity contribution in [3.05, 3.63) is 53.6 Å². The minimum absolute atomic E-state index is 0.0612. The predicted octanol–water partition coefficient (Wildman–Crippen LogP) is 4.06. The Morgan fingerprint density at radius 2 is 1.92 bits per heavy atom. The second kappa shape index (κ2) is 7.62. The number of hydrogen-bond acceptors (Lipinski definition) is 4. The first kappa shape index (κ1) is 16.7. The summed E-state index contributed by atoms with van der Waals surface area (Å²) in [6.45, 7) is 5.18. The summed E-state index contributed by atoms with van der Waals surface area (Å²) >= 11 is 1.67. The van der Waals surface area contributed by atoms with Crippen molar-refractivity contribution in [1.82, 2.24) is 5.32 Å². The summed E-state index contributed by atoms with van der Waals surface area (Å²) in [6.07, 6.45) is 0. The number of ether oxygens (including phenoxy) is 2. The first-order chi connectivity index (χ1) is 11.7. The van der Waals surface area contributed by atoms with Gasteiger partial charge in [0.05, 0.1) is 11.6 Å². The van der Waals surface area contributed by atoms with Crippen molar-refractivity contribution in [1.29, 1.82) is 0 Å². The lowest BCUT2D eigenvalue weighted by Gasteiger charge is -2.21. The molecule has 0 saturated carbocycles. The smallest absolute Gasteiger partial charge is 0.252 e. The van der Waals surface area contributed by atoms with E-state index in [0.717, 1.165) is 27.7 Å². The minimum Gasteiger partial charge on any atom is -0.486 e. The first-order valence-electron chi connectivity index (χ1n) is 8.11. The molecule has 0 unspecified atom stereocenters. The van der Waals surface area contributed by atoms with Crippen LogP contribution in [0, 0.1) is 0 Å². The Bertz CT molecular complexity index is 732.